The van der Waals surface area contributed by atoms with Crippen LogP contribution < -0.4 is 5.32 Å². The van der Waals surface area contributed by atoms with Crippen molar-refractivity contribution in [2.45, 2.75) is 38.8 Å². The van der Waals surface area contributed by atoms with E-state index in [1.165, 1.54) is 10.6 Å². The monoisotopic (exact) mass is 303 g/mol. The molecule has 1 rings (SSSR count). The predicted molar refractivity (Wildman–Crippen MR) is 80.0 cm³/mol. The second-order valence-electron chi connectivity index (χ2n) is 5.16. The molecule has 1 saturated heterocycles. The van der Waals surface area contributed by atoms with Crippen molar-refractivity contribution in [2.24, 2.45) is 0 Å². The lowest BCUT2D eigenvalue weighted by molar-refractivity contribution is 0.158. The largest absolute Gasteiger partial charge is 0.332 e. The number of likely N-dealkylation sites (tertiary alicyclic amines) is 1. The number of amides is 2. The Hall–Kier alpha value is -1.08. The van der Waals surface area contributed by atoms with Crippen LogP contribution in [0, 0.1) is 0 Å². The number of carbonyl (C=O) groups excluding carboxylic acids is 1. The molecule has 0 aromatic carbocycles. The van der Waals surface area contributed by atoms with Crippen LogP contribution in [0.15, 0.2) is 12.7 Å². The highest BCUT2D eigenvalue weighted by atomic mass is 32.2. The number of sulfonamides is 1. The number of hydrogen-bond donors (Lipinski definition) is 1. The molecule has 0 spiro atoms. The van der Waals surface area contributed by atoms with Crippen LogP contribution >= 0.6 is 0 Å². The fourth-order valence-electron chi connectivity index (χ4n) is 2.47. The van der Waals surface area contributed by atoms with E-state index in [0.29, 0.717) is 32.5 Å². The van der Waals surface area contributed by atoms with Crippen molar-refractivity contribution >= 4 is 16.1 Å². The summed E-state index contributed by atoms with van der Waals surface area (Å²) >= 11 is 0. The molecular formula is C13H25N3O3S. The van der Waals surface area contributed by atoms with Gasteiger partial charge in [0.2, 0.25) is 10.0 Å². The van der Waals surface area contributed by atoms with Gasteiger partial charge in [0.1, 0.15) is 0 Å². The molecule has 0 saturated carbocycles. The van der Waals surface area contributed by atoms with Gasteiger partial charge in [-0.3, -0.25) is 0 Å². The van der Waals surface area contributed by atoms with Gasteiger partial charge in [-0.1, -0.05) is 13.0 Å². The number of urea groups is 1. The van der Waals surface area contributed by atoms with Crippen LogP contribution in [0.1, 0.15) is 26.7 Å². The second-order valence-corrected chi connectivity index (χ2v) is 7.09. The summed E-state index contributed by atoms with van der Waals surface area (Å²) in [4.78, 5) is 13.7. The van der Waals surface area contributed by atoms with E-state index in [1.807, 2.05) is 13.8 Å². The number of nitrogens with one attached hydrogen (secondary N) is 1. The van der Waals surface area contributed by atoms with Gasteiger partial charge >= 0.3 is 6.03 Å². The maximum absolute atomic E-state index is 11.9. The molecule has 1 N–H and O–H groups in total. The highest BCUT2D eigenvalue weighted by molar-refractivity contribution is 7.88. The van der Waals surface area contributed by atoms with Crippen molar-refractivity contribution in [3.63, 3.8) is 0 Å². The summed E-state index contributed by atoms with van der Waals surface area (Å²) in [5.41, 5.74) is 0. The third-order valence-corrected chi connectivity index (χ3v) is 5.01. The van der Waals surface area contributed by atoms with Gasteiger partial charge in [0.05, 0.1) is 6.26 Å². The lowest BCUT2D eigenvalue weighted by atomic mass is 10.1. The van der Waals surface area contributed by atoms with Crippen molar-refractivity contribution in [1.82, 2.24) is 14.5 Å². The Morgan fingerprint density at radius 2 is 2.05 bits per heavy atom. The predicted octanol–water partition coefficient (Wildman–Crippen LogP) is 1.02. The van der Waals surface area contributed by atoms with Crippen molar-refractivity contribution in [3.05, 3.63) is 12.7 Å². The van der Waals surface area contributed by atoms with Gasteiger partial charge < -0.3 is 10.2 Å². The van der Waals surface area contributed by atoms with Gasteiger partial charge in [0, 0.05) is 31.7 Å². The highest BCUT2D eigenvalue weighted by Gasteiger charge is 2.30. The molecule has 20 heavy (non-hydrogen) atoms. The van der Waals surface area contributed by atoms with E-state index in [4.69, 9.17) is 0 Å². The van der Waals surface area contributed by atoms with Crippen molar-refractivity contribution in [3.8, 4) is 0 Å². The summed E-state index contributed by atoms with van der Waals surface area (Å²) in [5, 5.41) is 2.82. The Bertz CT molecular complexity index is 442. The maximum atomic E-state index is 11.9. The first-order chi connectivity index (χ1) is 9.29. The Balaban J connectivity index is 2.55. The number of hydrogen-bond acceptors (Lipinski definition) is 3. The molecule has 1 unspecified atom stereocenters. The summed E-state index contributed by atoms with van der Waals surface area (Å²) < 4.78 is 24.9. The van der Waals surface area contributed by atoms with E-state index in [1.54, 1.807) is 11.0 Å². The molecule has 6 nitrogen and oxygen atoms in total. The maximum Gasteiger partial charge on any atom is 0.317 e. The van der Waals surface area contributed by atoms with Crippen LogP contribution in [-0.4, -0.2) is 61.6 Å². The summed E-state index contributed by atoms with van der Waals surface area (Å²) in [6.45, 7) is 8.95. The third-order valence-electron chi connectivity index (χ3n) is 3.60. The molecule has 1 aliphatic rings. The molecule has 1 heterocycles. The normalized spacial score (nSPS) is 18.9. The average Bonchev–Trinajstić information content (AvgIpc) is 2.38. The van der Waals surface area contributed by atoms with E-state index in [9.17, 15) is 13.2 Å². The molecular weight excluding hydrogens is 278 g/mol. The van der Waals surface area contributed by atoms with Crippen molar-refractivity contribution in [2.75, 3.05) is 25.9 Å². The molecule has 1 atom stereocenters. The molecule has 0 aromatic rings. The van der Waals surface area contributed by atoms with Gasteiger partial charge in [-0.15, -0.1) is 6.58 Å². The Kier molecular flexibility index (Phi) is 6.01. The van der Waals surface area contributed by atoms with E-state index in [0.717, 1.165) is 0 Å². The molecule has 1 fully saturated rings. The number of rotatable bonds is 5. The molecule has 0 aliphatic carbocycles. The number of carbonyl (C=O) groups is 1. The van der Waals surface area contributed by atoms with Gasteiger partial charge in [-0.25, -0.2) is 13.2 Å². The lowest BCUT2D eigenvalue weighted by Gasteiger charge is -2.37. The van der Waals surface area contributed by atoms with Crippen LogP contribution in [0.4, 0.5) is 4.79 Å². The quantitative estimate of drug-likeness (QED) is 0.771. The Labute approximate surface area is 121 Å². The van der Waals surface area contributed by atoms with Gasteiger partial charge in [-0.05, 0) is 19.8 Å². The first-order valence-electron chi connectivity index (χ1n) is 6.94. The summed E-state index contributed by atoms with van der Waals surface area (Å²) in [5.74, 6) is 0. The summed E-state index contributed by atoms with van der Waals surface area (Å²) in [6.07, 6.45) is 4.27. The fourth-order valence-corrected chi connectivity index (χ4v) is 3.69. The zero-order valence-electron chi connectivity index (χ0n) is 12.5. The minimum atomic E-state index is -3.17. The molecule has 0 bridgehead atoms. The van der Waals surface area contributed by atoms with Gasteiger partial charge in [0.25, 0.3) is 0 Å². The molecule has 116 valence electrons. The fraction of sp³-hybridized carbons (Fsp3) is 0.769. The van der Waals surface area contributed by atoms with Crippen LogP contribution in [0.25, 0.3) is 0 Å². The van der Waals surface area contributed by atoms with Crippen LogP contribution in [0.5, 0.6) is 0 Å². The summed E-state index contributed by atoms with van der Waals surface area (Å²) in [6, 6.07) is -0.183. The topological polar surface area (TPSA) is 69.7 Å². The minimum absolute atomic E-state index is 0.00382. The van der Waals surface area contributed by atoms with Crippen molar-refractivity contribution in [1.29, 1.82) is 0 Å². The zero-order chi connectivity index (χ0) is 15.3. The van der Waals surface area contributed by atoms with Crippen LogP contribution in [-0.2, 0) is 10.0 Å². The van der Waals surface area contributed by atoms with Gasteiger partial charge in [-0.2, -0.15) is 4.31 Å². The molecule has 1 aliphatic heterocycles. The average molecular weight is 303 g/mol. The first-order valence-corrected chi connectivity index (χ1v) is 8.79. The standard InChI is InChI=1S/C13H25N3O3S/c1-5-11(3)14-13(17)15-9-7-12(8-10-15)16(6-2)20(4,18)19/h5,11-12H,1,6-10H2,2-4H3,(H,14,17). The zero-order valence-corrected chi connectivity index (χ0v) is 13.3. The number of nitrogens with zero attached hydrogens (tertiary/aromatic N) is 2. The first kappa shape index (κ1) is 17.0. The van der Waals surface area contributed by atoms with Crippen LogP contribution in [0.2, 0.25) is 0 Å². The van der Waals surface area contributed by atoms with Gasteiger partial charge in [0.15, 0.2) is 0 Å². The number of piperidine rings is 1. The Morgan fingerprint density at radius 1 is 1.50 bits per heavy atom. The third kappa shape index (κ3) is 4.49. The van der Waals surface area contributed by atoms with E-state index in [2.05, 4.69) is 11.9 Å². The molecule has 0 aromatic heterocycles. The Morgan fingerprint density at radius 3 is 2.45 bits per heavy atom. The van der Waals surface area contributed by atoms with E-state index in [-0.39, 0.29) is 18.1 Å². The summed E-state index contributed by atoms with van der Waals surface area (Å²) in [7, 11) is -3.17. The smallest absolute Gasteiger partial charge is 0.317 e. The molecule has 0 radical (unpaired) electrons. The molecule has 7 heteroatoms. The van der Waals surface area contributed by atoms with Crippen molar-refractivity contribution < 1.29 is 13.2 Å². The molecule has 2 amide bonds. The van der Waals surface area contributed by atoms with Crippen LogP contribution in [0.3, 0.4) is 0 Å². The minimum Gasteiger partial charge on any atom is -0.332 e. The SMILES string of the molecule is C=CC(C)NC(=O)N1CCC(N(CC)S(C)(=O)=O)CC1. The second kappa shape index (κ2) is 7.08. The van der Waals surface area contributed by atoms with E-state index >= 15 is 0 Å². The highest BCUT2D eigenvalue weighted by Crippen LogP contribution is 2.19. The lowest BCUT2D eigenvalue weighted by Crippen LogP contribution is -2.51. The van der Waals surface area contributed by atoms with E-state index < -0.39 is 10.0 Å².